The Kier molecular flexibility index (Phi) is 15.4. The molecule has 9 aromatic rings. The van der Waals surface area contributed by atoms with Crippen molar-refractivity contribution < 1.29 is 0 Å². The molecular formula is C57H60Cl3N9. The molecule has 6 aromatic carbocycles. The molecular weight excluding hydrogens is 917 g/mol. The second kappa shape index (κ2) is 22.5. The number of rotatable bonds is 12. The Bertz CT molecular complexity index is 2730. The summed E-state index contributed by atoms with van der Waals surface area (Å²) in [5.41, 5.74) is 10.6. The number of likely N-dealkylation sites (tertiary alicyclic amines) is 3. The van der Waals surface area contributed by atoms with Crippen LogP contribution in [0, 0.1) is 0 Å². The van der Waals surface area contributed by atoms with Crippen molar-refractivity contribution in [2.45, 2.75) is 77.8 Å². The average Bonchev–Trinajstić information content (AvgIpc) is 4.26. The largest absolute Gasteiger partial charge is 0.322 e. The fraction of sp³-hybridized carbons (Fsp3) is 0.316. The maximum Gasteiger partial charge on any atom is 0.124 e. The number of imidazole rings is 3. The van der Waals surface area contributed by atoms with Crippen molar-refractivity contribution >= 4 is 67.9 Å². The van der Waals surface area contributed by atoms with Crippen LogP contribution in [0.2, 0.25) is 15.1 Å². The van der Waals surface area contributed by atoms with E-state index in [0.29, 0.717) is 0 Å². The highest BCUT2D eigenvalue weighted by atomic mass is 35.5. The number of para-hydroxylation sites is 6. The molecule has 3 aromatic heterocycles. The van der Waals surface area contributed by atoms with Crippen LogP contribution in [0.15, 0.2) is 146 Å². The molecule has 0 radical (unpaired) electrons. The smallest absolute Gasteiger partial charge is 0.124 e. The van der Waals surface area contributed by atoms with Gasteiger partial charge in [0.15, 0.2) is 0 Å². The average molecular weight is 978 g/mol. The SMILES string of the molecule is Clc1ccc(Cn2c(CN3CCCC3)nc3ccccc32)cc1.Clc1ccc(Cn2c(CN3CCCC3)nc3ccccc32)cc1.Clc1ccc(Cn2c(CN3CCCC3)nc3ccccc32)cc1. The zero-order chi connectivity index (χ0) is 46.9. The number of fused-ring (bicyclic) bond motifs is 3. The molecule has 0 unspecified atom stereocenters. The first-order valence-corrected chi connectivity index (χ1v) is 25.7. The van der Waals surface area contributed by atoms with Crippen LogP contribution < -0.4 is 0 Å². The topological polar surface area (TPSA) is 63.2 Å². The van der Waals surface area contributed by atoms with Crippen molar-refractivity contribution in [3.8, 4) is 0 Å². The van der Waals surface area contributed by atoms with Gasteiger partial charge in [-0.05, 0) is 167 Å². The zero-order valence-corrected chi connectivity index (χ0v) is 41.5. The van der Waals surface area contributed by atoms with Crippen LogP contribution in [0.3, 0.4) is 0 Å². The third-order valence-electron chi connectivity index (χ3n) is 13.7. The van der Waals surface area contributed by atoms with E-state index in [1.807, 2.05) is 36.4 Å². The fourth-order valence-electron chi connectivity index (χ4n) is 10.0. The summed E-state index contributed by atoms with van der Waals surface area (Å²) in [7, 11) is 0. The molecule has 0 aliphatic carbocycles. The Hall–Kier alpha value is -5.52. The van der Waals surface area contributed by atoms with E-state index in [0.717, 1.165) is 88.4 Å². The molecule has 0 bridgehead atoms. The third kappa shape index (κ3) is 11.9. The Morgan fingerprint density at radius 1 is 0.304 bits per heavy atom. The van der Waals surface area contributed by atoms with Gasteiger partial charge in [0, 0.05) is 34.7 Å². The summed E-state index contributed by atoms with van der Waals surface area (Å²) in [4.78, 5) is 22.2. The van der Waals surface area contributed by atoms with Crippen LogP contribution in [0.1, 0.15) is 72.7 Å². The van der Waals surface area contributed by atoms with Crippen molar-refractivity contribution in [2.75, 3.05) is 39.3 Å². The number of hydrogen-bond acceptors (Lipinski definition) is 6. The van der Waals surface area contributed by atoms with Gasteiger partial charge in [0.25, 0.3) is 0 Å². The molecule has 3 fully saturated rings. The molecule has 0 atom stereocenters. The van der Waals surface area contributed by atoms with Crippen molar-refractivity contribution in [1.29, 1.82) is 0 Å². The highest BCUT2D eigenvalue weighted by Gasteiger charge is 2.20. The predicted molar refractivity (Wildman–Crippen MR) is 284 cm³/mol. The minimum absolute atomic E-state index is 0.779. The second-order valence-corrected chi connectivity index (χ2v) is 19.9. The van der Waals surface area contributed by atoms with Gasteiger partial charge in [-0.3, -0.25) is 14.7 Å². The van der Waals surface area contributed by atoms with Gasteiger partial charge in [-0.1, -0.05) is 108 Å². The van der Waals surface area contributed by atoms with E-state index in [1.54, 1.807) is 0 Å². The molecule has 0 amide bonds. The van der Waals surface area contributed by atoms with Crippen LogP contribution in [-0.2, 0) is 39.3 Å². The summed E-state index contributed by atoms with van der Waals surface area (Å²) >= 11 is 18.0. The van der Waals surface area contributed by atoms with Crippen molar-refractivity contribution in [1.82, 2.24) is 43.4 Å². The quantitative estimate of drug-likeness (QED) is 0.122. The normalized spacial score (nSPS) is 15.5. The lowest BCUT2D eigenvalue weighted by Gasteiger charge is -2.16. The third-order valence-corrected chi connectivity index (χ3v) is 14.4. The van der Waals surface area contributed by atoms with E-state index in [4.69, 9.17) is 49.8 Å². The van der Waals surface area contributed by atoms with Gasteiger partial charge in [-0.2, -0.15) is 0 Å². The Labute approximate surface area is 420 Å². The highest BCUT2D eigenvalue weighted by molar-refractivity contribution is 6.31. The van der Waals surface area contributed by atoms with E-state index in [1.165, 1.54) is 111 Å². The summed E-state index contributed by atoms with van der Waals surface area (Å²) in [6.45, 7) is 12.4. The first kappa shape index (κ1) is 47.2. The minimum Gasteiger partial charge on any atom is -0.322 e. The highest BCUT2D eigenvalue weighted by Crippen LogP contribution is 2.25. The van der Waals surface area contributed by atoms with Crippen LogP contribution in [-0.4, -0.2) is 82.6 Å². The zero-order valence-electron chi connectivity index (χ0n) is 39.2. The summed E-state index contributed by atoms with van der Waals surface area (Å²) in [5, 5.41) is 2.34. The van der Waals surface area contributed by atoms with Gasteiger partial charge in [0.2, 0.25) is 0 Å². The summed E-state index contributed by atoms with van der Waals surface area (Å²) < 4.78 is 7.03. The van der Waals surface area contributed by atoms with Crippen LogP contribution in [0.5, 0.6) is 0 Å². The van der Waals surface area contributed by atoms with Crippen molar-refractivity contribution in [3.63, 3.8) is 0 Å². The molecule has 12 heteroatoms. The van der Waals surface area contributed by atoms with Gasteiger partial charge >= 0.3 is 0 Å². The molecule has 3 aliphatic rings. The lowest BCUT2D eigenvalue weighted by atomic mass is 10.2. The molecule has 3 saturated heterocycles. The molecule has 354 valence electrons. The van der Waals surface area contributed by atoms with Gasteiger partial charge < -0.3 is 13.7 Å². The van der Waals surface area contributed by atoms with Crippen molar-refractivity contribution in [3.05, 3.63) is 195 Å². The van der Waals surface area contributed by atoms with Gasteiger partial charge in [-0.25, -0.2) is 15.0 Å². The lowest BCUT2D eigenvalue weighted by Crippen LogP contribution is -2.21. The van der Waals surface area contributed by atoms with Crippen molar-refractivity contribution in [2.24, 2.45) is 0 Å². The van der Waals surface area contributed by atoms with Crippen LogP contribution in [0.4, 0.5) is 0 Å². The Morgan fingerprint density at radius 2 is 0.551 bits per heavy atom. The van der Waals surface area contributed by atoms with Gasteiger partial charge in [0.05, 0.1) is 52.7 Å². The van der Waals surface area contributed by atoms with Crippen LogP contribution in [0.25, 0.3) is 33.1 Å². The second-order valence-electron chi connectivity index (χ2n) is 18.6. The Morgan fingerprint density at radius 3 is 0.812 bits per heavy atom. The number of halogens is 3. The molecule has 69 heavy (non-hydrogen) atoms. The predicted octanol–water partition coefficient (Wildman–Crippen LogP) is 13.0. The summed E-state index contributed by atoms with van der Waals surface area (Å²) in [6, 6.07) is 49.5. The monoisotopic (exact) mass is 975 g/mol. The minimum atomic E-state index is 0.779. The molecule has 3 aliphatic heterocycles. The van der Waals surface area contributed by atoms with E-state index in [9.17, 15) is 0 Å². The maximum atomic E-state index is 6.01. The Balaban J connectivity index is 0.000000120. The molecule has 0 N–H and O–H groups in total. The number of hydrogen-bond donors (Lipinski definition) is 0. The molecule has 0 saturated carbocycles. The summed E-state index contributed by atoms with van der Waals surface area (Å²) in [6.07, 6.45) is 7.82. The number of aromatic nitrogens is 6. The van der Waals surface area contributed by atoms with E-state index in [2.05, 4.69) is 138 Å². The van der Waals surface area contributed by atoms with Gasteiger partial charge in [-0.15, -0.1) is 0 Å². The van der Waals surface area contributed by atoms with E-state index < -0.39 is 0 Å². The van der Waals surface area contributed by atoms with E-state index >= 15 is 0 Å². The van der Waals surface area contributed by atoms with Crippen LogP contribution >= 0.6 is 34.8 Å². The molecule has 0 spiro atoms. The first-order chi connectivity index (χ1) is 33.9. The maximum absolute atomic E-state index is 6.01. The number of nitrogens with zero attached hydrogens (tertiary/aromatic N) is 9. The number of benzene rings is 6. The molecule has 12 rings (SSSR count). The van der Waals surface area contributed by atoms with E-state index in [-0.39, 0.29) is 0 Å². The van der Waals surface area contributed by atoms with Gasteiger partial charge in [0.1, 0.15) is 17.5 Å². The fourth-order valence-corrected chi connectivity index (χ4v) is 10.4. The summed E-state index contributed by atoms with van der Waals surface area (Å²) in [5.74, 6) is 3.47. The lowest BCUT2D eigenvalue weighted by molar-refractivity contribution is 0.318. The molecule has 6 heterocycles. The first-order valence-electron chi connectivity index (χ1n) is 24.6. The standard InChI is InChI=1S/3C19H20ClN3/c3*20-16-9-7-15(8-10-16)13-23-18-6-2-1-5-17(18)21-19(23)14-22-11-3-4-12-22/h3*1-2,5-10H,3-4,11-14H2. The molecule has 9 nitrogen and oxygen atoms in total.